The highest BCUT2D eigenvalue weighted by molar-refractivity contribution is 7.87. The summed E-state index contributed by atoms with van der Waals surface area (Å²) in [6, 6.07) is 23.8. The SMILES string of the molecule is Cc1ccc(S(=O)(=O)O/C(=C/CCc2ccccc2)n2nnc3ccccc32)cc1. The minimum absolute atomic E-state index is 0.0893. The predicted octanol–water partition coefficient (Wildman–Crippen LogP) is 4.58. The van der Waals surface area contributed by atoms with Crippen LogP contribution in [0.4, 0.5) is 0 Å². The van der Waals surface area contributed by atoms with Crippen molar-refractivity contribution in [2.45, 2.75) is 24.7 Å². The molecule has 152 valence electrons. The van der Waals surface area contributed by atoms with Crippen LogP contribution in [0.3, 0.4) is 0 Å². The zero-order valence-electron chi connectivity index (χ0n) is 16.5. The van der Waals surface area contributed by atoms with E-state index in [0.717, 1.165) is 17.5 Å². The molecule has 4 aromatic rings. The maximum Gasteiger partial charge on any atom is 0.340 e. The standard InChI is InChI=1S/C23H21N3O3S/c1-18-14-16-20(17-15-18)30(27,28)29-23(13-7-10-19-8-3-2-4-9-19)26-22-12-6-5-11-21(22)24-25-26/h2-6,8-9,11-17H,7,10H2,1H3/b23-13+. The van der Waals surface area contributed by atoms with Crippen LogP contribution in [0.25, 0.3) is 16.9 Å². The molecule has 30 heavy (non-hydrogen) atoms. The van der Waals surface area contributed by atoms with Gasteiger partial charge in [0.2, 0.25) is 5.88 Å². The van der Waals surface area contributed by atoms with Crippen molar-refractivity contribution in [1.29, 1.82) is 0 Å². The molecule has 0 amide bonds. The molecule has 0 aliphatic rings. The van der Waals surface area contributed by atoms with Gasteiger partial charge in [0, 0.05) is 0 Å². The minimum Gasteiger partial charge on any atom is -0.358 e. The van der Waals surface area contributed by atoms with E-state index < -0.39 is 10.1 Å². The Hall–Kier alpha value is -3.45. The first-order valence-corrected chi connectivity index (χ1v) is 11.0. The van der Waals surface area contributed by atoms with Crippen molar-refractivity contribution in [2.75, 3.05) is 0 Å². The minimum atomic E-state index is -4.02. The van der Waals surface area contributed by atoms with Gasteiger partial charge in [-0.3, -0.25) is 0 Å². The summed E-state index contributed by atoms with van der Waals surface area (Å²) in [5.41, 5.74) is 3.44. The zero-order valence-corrected chi connectivity index (χ0v) is 17.3. The first kappa shape index (κ1) is 19.8. The summed E-state index contributed by atoms with van der Waals surface area (Å²) < 4.78 is 32.8. The number of benzene rings is 3. The third kappa shape index (κ3) is 4.41. The molecule has 3 aromatic carbocycles. The third-order valence-corrected chi connectivity index (χ3v) is 5.90. The Morgan fingerprint density at radius 2 is 1.67 bits per heavy atom. The monoisotopic (exact) mass is 419 g/mol. The van der Waals surface area contributed by atoms with Gasteiger partial charge in [0.05, 0.1) is 5.52 Å². The number of aromatic nitrogens is 3. The van der Waals surface area contributed by atoms with Crippen LogP contribution in [0, 0.1) is 6.92 Å². The molecule has 0 aliphatic heterocycles. The van der Waals surface area contributed by atoms with Gasteiger partial charge in [0.1, 0.15) is 10.4 Å². The second-order valence-corrected chi connectivity index (χ2v) is 8.45. The number of para-hydroxylation sites is 1. The summed E-state index contributed by atoms with van der Waals surface area (Å²) in [5.74, 6) is 0.111. The molecule has 0 saturated heterocycles. The van der Waals surface area contributed by atoms with Crippen LogP contribution < -0.4 is 0 Å². The molecule has 0 unspecified atom stereocenters. The topological polar surface area (TPSA) is 74.1 Å². The highest BCUT2D eigenvalue weighted by Gasteiger charge is 2.21. The Morgan fingerprint density at radius 3 is 2.43 bits per heavy atom. The smallest absolute Gasteiger partial charge is 0.340 e. The summed E-state index contributed by atoms with van der Waals surface area (Å²) in [7, 11) is -4.02. The molecule has 7 heteroatoms. The number of hydrogen-bond donors (Lipinski definition) is 0. The summed E-state index contributed by atoms with van der Waals surface area (Å²) in [4.78, 5) is 0.0893. The number of aryl methyl sites for hydroxylation is 2. The number of allylic oxidation sites excluding steroid dienone is 1. The van der Waals surface area contributed by atoms with Crippen LogP contribution >= 0.6 is 0 Å². The van der Waals surface area contributed by atoms with Crippen LogP contribution in [0.2, 0.25) is 0 Å². The average Bonchev–Trinajstić information content (AvgIpc) is 3.18. The van der Waals surface area contributed by atoms with Gasteiger partial charge in [0.15, 0.2) is 0 Å². The van der Waals surface area contributed by atoms with E-state index in [9.17, 15) is 8.42 Å². The van der Waals surface area contributed by atoms with Crippen molar-refractivity contribution in [2.24, 2.45) is 0 Å². The van der Waals surface area contributed by atoms with Crippen molar-refractivity contribution in [3.63, 3.8) is 0 Å². The second-order valence-electron chi connectivity index (χ2n) is 6.91. The van der Waals surface area contributed by atoms with Crippen LogP contribution in [-0.2, 0) is 20.7 Å². The Morgan fingerprint density at radius 1 is 0.967 bits per heavy atom. The zero-order chi connectivity index (χ0) is 21.0. The highest BCUT2D eigenvalue weighted by Crippen LogP contribution is 2.22. The van der Waals surface area contributed by atoms with Gasteiger partial charge >= 0.3 is 10.1 Å². The Bertz CT molecular complexity index is 1280. The van der Waals surface area contributed by atoms with E-state index in [4.69, 9.17) is 4.18 Å². The maximum absolute atomic E-state index is 12.9. The molecule has 0 N–H and O–H groups in total. The Labute approximate surface area is 175 Å². The van der Waals surface area contributed by atoms with Crippen LogP contribution in [0.5, 0.6) is 0 Å². The van der Waals surface area contributed by atoms with E-state index in [-0.39, 0.29) is 10.8 Å². The molecule has 0 fully saturated rings. The summed E-state index contributed by atoms with van der Waals surface area (Å²) in [5, 5.41) is 8.24. The molecule has 0 aliphatic carbocycles. The van der Waals surface area contributed by atoms with Crippen molar-refractivity contribution < 1.29 is 12.6 Å². The lowest BCUT2D eigenvalue weighted by molar-refractivity contribution is 0.435. The Balaban J connectivity index is 1.68. The van der Waals surface area contributed by atoms with E-state index in [0.29, 0.717) is 17.5 Å². The summed E-state index contributed by atoms with van der Waals surface area (Å²) in [6.45, 7) is 1.90. The van der Waals surface area contributed by atoms with Crippen LogP contribution in [-0.4, -0.2) is 23.4 Å². The quantitative estimate of drug-likeness (QED) is 0.324. The molecule has 0 atom stereocenters. The van der Waals surface area contributed by atoms with E-state index >= 15 is 0 Å². The van der Waals surface area contributed by atoms with Crippen molar-refractivity contribution in [3.05, 3.63) is 96.1 Å². The highest BCUT2D eigenvalue weighted by atomic mass is 32.2. The molecule has 1 aromatic heterocycles. The fraction of sp³-hybridized carbons (Fsp3) is 0.130. The van der Waals surface area contributed by atoms with Gasteiger partial charge in [-0.2, -0.15) is 13.1 Å². The van der Waals surface area contributed by atoms with Crippen molar-refractivity contribution in [3.8, 4) is 0 Å². The Kier molecular flexibility index (Phi) is 5.63. The van der Waals surface area contributed by atoms with Crippen LogP contribution in [0.1, 0.15) is 17.5 Å². The number of nitrogens with zero attached hydrogens (tertiary/aromatic N) is 3. The molecular weight excluding hydrogens is 398 g/mol. The van der Waals surface area contributed by atoms with E-state index in [2.05, 4.69) is 10.3 Å². The molecule has 0 spiro atoms. The third-order valence-electron chi connectivity index (χ3n) is 4.66. The number of hydrogen-bond acceptors (Lipinski definition) is 5. The van der Waals surface area contributed by atoms with Gasteiger partial charge in [-0.25, -0.2) is 0 Å². The van der Waals surface area contributed by atoms with Gasteiger partial charge < -0.3 is 4.18 Å². The fourth-order valence-electron chi connectivity index (χ4n) is 3.06. The van der Waals surface area contributed by atoms with Crippen molar-refractivity contribution in [1.82, 2.24) is 15.0 Å². The predicted molar refractivity (Wildman–Crippen MR) is 116 cm³/mol. The molecule has 0 saturated carbocycles. The molecular formula is C23H21N3O3S. The molecule has 4 rings (SSSR count). The first-order chi connectivity index (χ1) is 14.5. The van der Waals surface area contributed by atoms with Gasteiger partial charge in [-0.15, -0.1) is 5.10 Å². The number of fused-ring (bicyclic) bond motifs is 1. The maximum atomic E-state index is 12.9. The van der Waals surface area contributed by atoms with Gasteiger partial charge in [-0.05, 0) is 55.7 Å². The molecule has 6 nitrogen and oxygen atoms in total. The van der Waals surface area contributed by atoms with E-state index in [1.54, 1.807) is 18.2 Å². The largest absolute Gasteiger partial charge is 0.358 e. The van der Waals surface area contributed by atoms with Crippen molar-refractivity contribution >= 4 is 27.0 Å². The number of rotatable bonds is 7. The lowest BCUT2D eigenvalue weighted by atomic mass is 10.1. The summed E-state index contributed by atoms with van der Waals surface area (Å²) in [6.07, 6.45) is 3.06. The molecule has 0 bridgehead atoms. The van der Waals surface area contributed by atoms with E-state index in [1.807, 2.05) is 61.5 Å². The van der Waals surface area contributed by atoms with Gasteiger partial charge in [-0.1, -0.05) is 65.4 Å². The first-order valence-electron chi connectivity index (χ1n) is 9.59. The lowest BCUT2D eigenvalue weighted by Crippen LogP contribution is -2.11. The fourth-order valence-corrected chi connectivity index (χ4v) is 3.99. The molecule has 1 heterocycles. The normalized spacial score (nSPS) is 12.2. The average molecular weight is 420 g/mol. The lowest BCUT2D eigenvalue weighted by Gasteiger charge is -2.11. The van der Waals surface area contributed by atoms with Gasteiger partial charge in [0.25, 0.3) is 0 Å². The van der Waals surface area contributed by atoms with E-state index in [1.165, 1.54) is 16.8 Å². The van der Waals surface area contributed by atoms with Crippen LogP contribution in [0.15, 0.2) is 89.8 Å². The molecule has 0 radical (unpaired) electrons. The second kappa shape index (κ2) is 8.51. The summed E-state index contributed by atoms with van der Waals surface area (Å²) >= 11 is 0.